The van der Waals surface area contributed by atoms with E-state index in [0.29, 0.717) is 14.8 Å². The van der Waals surface area contributed by atoms with Gasteiger partial charge >= 0.3 is 12.0 Å². The lowest BCUT2D eigenvalue weighted by molar-refractivity contribution is -0.139. The summed E-state index contributed by atoms with van der Waals surface area (Å²) in [5, 5.41) is 13.3. The predicted molar refractivity (Wildman–Crippen MR) is 125 cm³/mol. The highest BCUT2D eigenvalue weighted by molar-refractivity contribution is 14.1. The smallest absolute Gasteiger partial charge is 0.338 e. The first kappa shape index (κ1) is 23.2. The third-order valence-corrected chi connectivity index (χ3v) is 6.76. The molecule has 7 nitrogen and oxygen atoms in total. The maximum Gasteiger partial charge on any atom is 0.338 e. The maximum absolute atomic E-state index is 13.0. The van der Waals surface area contributed by atoms with Crippen molar-refractivity contribution < 1.29 is 24.2 Å². The molecule has 2 N–H and O–H groups in total. The van der Waals surface area contributed by atoms with Crippen molar-refractivity contribution in [1.29, 1.82) is 0 Å². The molecular weight excluding hydrogens is 535 g/mol. The number of carbonyl (C=O) groups is 2. The van der Waals surface area contributed by atoms with E-state index in [4.69, 9.17) is 21.1 Å². The molecule has 0 bridgehead atoms. The van der Waals surface area contributed by atoms with Gasteiger partial charge in [0.1, 0.15) is 0 Å². The van der Waals surface area contributed by atoms with Crippen LogP contribution in [0.2, 0.25) is 5.02 Å². The van der Waals surface area contributed by atoms with Gasteiger partial charge in [0.15, 0.2) is 11.5 Å². The average molecular weight is 557 g/mol. The molecule has 0 radical (unpaired) electrons. The molecule has 164 valence electrons. The fraction of sp³-hybridized carbons (Fsp3) is 0.273. The number of esters is 1. The van der Waals surface area contributed by atoms with Crippen molar-refractivity contribution in [2.75, 3.05) is 13.7 Å². The van der Waals surface area contributed by atoms with Gasteiger partial charge in [-0.3, -0.25) is 4.90 Å². The number of methoxy groups -OCH3 is 1. The monoisotopic (exact) mass is 556 g/mol. The Bertz CT molecular complexity index is 1040. The van der Waals surface area contributed by atoms with E-state index in [1.54, 1.807) is 13.8 Å². The van der Waals surface area contributed by atoms with Crippen LogP contribution in [0.3, 0.4) is 0 Å². The minimum Gasteiger partial charge on any atom is -0.503 e. The summed E-state index contributed by atoms with van der Waals surface area (Å²) < 4.78 is 10.9. The molecule has 0 saturated carbocycles. The molecule has 2 aromatic rings. The topological polar surface area (TPSA) is 88.1 Å². The third-order valence-electron chi connectivity index (χ3n) is 4.98. The Kier molecular flexibility index (Phi) is 7.32. The van der Waals surface area contributed by atoms with Crippen LogP contribution in [0.25, 0.3) is 0 Å². The number of allylic oxidation sites excluding steroid dienone is 1. The molecule has 2 amide bonds. The highest BCUT2D eigenvalue weighted by atomic mass is 127. The Hall–Kier alpha value is -2.46. The van der Waals surface area contributed by atoms with Gasteiger partial charge in [-0.1, -0.05) is 41.9 Å². The minimum absolute atomic E-state index is 0.108. The van der Waals surface area contributed by atoms with Gasteiger partial charge in [-0.2, -0.15) is 0 Å². The van der Waals surface area contributed by atoms with Crippen LogP contribution in [0.5, 0.6) is 11.5 Å². The minimum atomic E-state index is -0.867. The number of phenolic OH excluding ortho intramolecular Hbond substituents is 1. The third kappa shape index (κ3) is 4.59. The van der Waals surface area contributed by atoms with Crippen molar-refractivity contribution in [2.45, 2.75) is 26.4 Å². The Morgan fingerprint density at radius 3 is 2.61 bits per heavy atom. The van der Waals surface area contributed by atoms with Gasteiger partial charge in [0, 0.05) is 11.3 Å². The Morgan fingerprint density at radius 1 is 1.32 bits per heavy atom. The van der Waals surface area contributed by atoms with Gasteiger partial charge in [-0.25, -0.2) is 9.59 Å². The summed E-state index contributed by atoms with van der Waals surface area (Å²) in [6.45, 7) is 3.89. The summed E-state index contributed by atoms with van der Waals surface area (Å²) >= 11 is 8.40. The Morgan fingerprint density at radius 2 is 2.00 bits per heavy atom. The van der Waals surface area contributed by atoms with Crippen molar-refractivity contribution in [3.8, 4) is 11.5 Å². The van der Waals surface area contributed by atoms with Crippen molar-refractivity contribution in [3.05, 3.63) is 67.4 Å². The Labute approximate surface area is 199 Å². The summed E-state index contributed by atoms with van der Waals surface area (Å²) in [5.74, 6) is -0.477. The van der Waals surface area contributed by atoms with E-state index in [1.807, 2.05) is 52.9 Å². The molecule has 2 aromatic carbocycles. The Balaban J connectivity index is 2.14. The van der Waals surface area contributed by atoms with Crippen LogP contribution in [-0.2, 0) is 16.1 Å². The van der Waals surface area contributed by atoms with E-state index in [1.165, 1.54) is 18.1 Å². The van der Waals surface area contributed by atoms with Crippen LogP contribution in [0, 0.1) is 3.57 Å². The molecule has 3 rings (SSSR count). The molecule has 1 heterocycles. The number of amides is 2. The van der Waals surface area contributed by atoms with Crippen molar-refractivity contribution in [3.63, 3.8) is 0 Å². The average Bonchev–Trinajstić information content (AvgIpc) is 2.76. The van der Waals surface area contributed by atoms with Gasteiger partial charge < -0.3 is 19.9 Å². The number of hydrogen-bond donors (Lipinski definition) is 2. The zero-order valence-corrected chi connectivity index (χ0v) is 20.2. The molecule has 0 saturated heterocycles. The molecular formula is C22H22ClIN2O5. The van der Waals surface area contributed by atoms with Crippen molar-refractivity contribution in [1.82, 2.24) is 10.2 Å². The summed E-state index contributed by atoms with van der Waals surface area (Å²) in [7, 11) is 1.41. The van der Waals surface area contributed by atoms with Gasteiger partial charge in [0.25, 0.3) is 0 Å². The van der Waals surface area contributed by atoms with Crippen LogP contribution in [0.15, 0.2) is 47.7 Å². The lowest BCUT2D eigenvalue weighted by Gasteiger charge is -2.36. The van der Waals surface area contributed by atoms with Gasteiger partial charge in [-0.05, 0) is 48.1 Å². The normalized spacial score (nSPS) is 16.2. The van der Waals surface area contributed by atoms with Crippen LogP contribution < -0.4 is 10.1 Å². The lowest BCUT2D eigenvalue weighted by atomic mass is 9.94. The lowest BCUT2D eigenvalue weighted by Crippen LogP contribution is -2.47. The maximum atomic E-state index is 13.0. The first-order valence-corrected chi connectivity index (χ1v) is 11.0. The second-order valence-electron chi connectivity index (χ2n) is 6.82. The number of aromatic hydroxyl groups is 1. The first-order chi connectivity index (χ1) is 14.8. The van der Waals surface area contributed by atoms with Crippen LogP contribution in [-0.4, -0.2) is 35.7 Å². The van der Waals surface area contributed by atoms with Gasteiger partial charge in [0.2, 0.25) is 0 Å². The van der Waals surface area contributed by atoms with E-state index in [2.05, 4.69) is 5.32 Å². The van der Waals surface area contributed by atoms with Crippen LogP contribution >= 0.6 is 34.2 Å². The van der Waals surface area contributed by atoms with Gasteiger partial charge in [-0.15, -0.1) is 0 Å². The summed E-state index contributed by atoms with van der Waals surface area (Å²) in [5.41, 5.74) is 2.07. The second-order valence-corrected chi connectivity index (χ2v) is 8.28. The molecule has 1 unspecified atom stereocenters. The van der Waals surface area contributed by atoms with E-state index in [9.17, 15) is 14.7 Å². The van der Waals surface area contributed by atoms with Crippen LogP contribution in [0.4, 0.5) is 4.79 Å². The van der Waals surface area contributed by atoms with E-state index < -0.39 is 12.0 Å². The number of nitrogens with one attached hydrogen (secondary N) is 1. The molecule has 0 aliphatic carbocycles. The highest BCUT2D eigenvalue weighted by Crippen LogP contribution is 2.44. The number of rotatable bonds is 6. The number of nitrogens with zero attached hydrogens (tertiary/aromatic N) is 1. The number of halogens is 2. The van der Waals surface area contributed by atoms with Gasteiger partial charge in [0.05, 0.1) is 40.5 Å². The zero-order chi connectivity index (χ0) is 22.7. The fourth-order valence-corrected chi connectivity index (χ4v) is 4.25. The molecule has 9 heteroatoms. The van der Waals surface area contributed by atoms with Crippen molar-refractivity contribution >= 4 is 46.2 Å². The summed E-state index contributed by atoms with van der Waals surface area (Å²) in [6.07, 6.45) is 0. The molecule has 1 aliphatic rings. The molecule has 0 spiro atoms. The van der Waals surface area contributed by atoms with E-state index in [-0.39, 0.29) is 41.3 Å². The number of ether oxygens (including phenoxy) is 2. The second kappa shape index (κ2) is 9.78. The fourth-order valence-electron chi connectivity index (χ4n) is 3.42. The molecule has 0 fully saturated rings. The molecule has 1 atom stereocenters. The quantitative estimate of drug-likeness (QED) is 0.396. The summed E-state index contributed by atoms with van der Waals surface area (Å²) in [6, 6.07) is 9.74. The molecule has 0 aromatic heterocycles. The largest absolute Gasteiger partial charge is 0.503 e. The number of urea groups is 1. The number of benzene rings is 2. The van der Waals surface area contributed by atoms with Crippen molar-refractivity contribution in [2.24, 2.45) is 0 Å². The number of carbonyl (C=O) groups excluding carboxylic acids is 2. The van der Waals surface area contributed by atoms with Crippen LogP contribution in [0.1, 0.15) is 31.0 Å². The highest BCUT2D eigenvalue weighted by Gasteiger charge is 2.38. The number of hydrogen-bond acceptors (Lipinski definition) is 5. The zero-order valence-electron chi connectivity index (χ0n) is 17.2. The first-order valence-electron chi connectivity index (χ1n) is 9.54. The SMILES string of the molecule is CCOC(=O)C1=C(C)N(Cc2ccccc2)C(=O)NC1c1cc(OC)c(O)c(I)c1Cl. The van der Waals surface area contributed by atoms with E-state index >= 15 is 0 Å². The molecule has 1 aliphatic heterocycles. The summed E-state index contributed by atoms with van der Waals surface area (Å²) in [4.78, 5) is 27.5. The number of phenols is 1. The molecule has 31 heavy (non-hydrogen) atoms. The standard InChI is InChI=1S/C22H22ClIN2O5/c1-4-31-21(28)16-12(2)26(11-13-8-6-5-7-9-13)22(29)25-19(16)14-10-15(30-3)20(27)18(24)17(14)23/h5-10,19,27H,4,11H2,1-3H3,(H,25,29). The van der Waals surface area contributed by atoms with E-state index in [0.717, 1.165) is 5.56 Å². The predicted octanol–water partition coefficient (Wildman–Crippen LogP) is 4.76.